The van der Waals surface area contributed by atoms with Gasteiger partial charge < -0.3 is 0 Å². The molecule has 2 aliphatic rings. The van der Waals surface area contributed by atoms with Gasteiger partial charge in [-0.3, -0.25) is 0 Å². The summed E-state index contributed by atoms with van der Waals surface area (Å²) in [6.45, 7) is 33.1. The smallest absolute Gasteiger partial charge is 0.0273 e. The number of aryl methyl sites for hydroxylation is 4. The molecule has 0 heterocycles. The van der Waals surface area contributed by atoms with Crippen molar-refractivity contribution in [1.82, 2.24) is 0 Å². The zero-order valence-corrected chi connectivity index (χ0v) is 37.0. The van der Waals surface area contributed by atoms with Crippen LogP contribution in [0.5, 0.6) is 0 Å². The molecular weight excluding hydrogens is 613 g/mol. The van der Waals surface area contributed by atoms with Crippen molar-refractivity contribution in [1.29, 1.82) is 0 Å². The molecule has 51 heavy (non-hydrogen) atoms. The Bertz CT molecular complexity index is 1360. The van der Waals surface area contributed by atoms with Crippen molar-refractivity contribution >= 4 is 0 Å². The maximum atomic E-state index is 2.48. The molecule has 290 valence electrons. The molecule has 0 spiro atoms. The first-order chi connectivity index (χ1) is 23.8. The molecule has 2 aliphatic carbocycles. The quantitative estimate of drug-likeness (QED) is 0.128. The number of benzene rings is 2. The van der Waals surface area contributed by atoms with Gasteiger partial charge in [-0.15, -0.1) is 0 Å². The molecule has 0 aliphatic heterocycles. The summed E-state index contributed by atoms with van der Waals surface area (Å²) in [5, 5.41) is 0. The first-order valence-electron chi connectivity index (χ1n) is 22.0. The molecule has 0 radical (unpaired) electrons. The lowest BCUT2D eigenvalue weighted by atomic mass is 9.85. The van der Waals surface area contributed by atoms with Crippen molar-refractivity contribution in [2.45, 2.75) is 232 Å². The van der Waals surface area contributed by atoms with Crippen LogP contribution in [0.15, 0.2) is 12.1 Å². The zero-order chi connectivity index (χ0) is 38.0. The second kappa shape index (κ2) is 19.2. The molecule has 2 aromatic rings. The van der Waals surface area contributed by atoms with E-state index in [-0.39, 0.29) is 0 Å². The summed E-state index contributed by atoms with van der Waals surface area (Å²) in [6, 6.07) is 4.90. The standard InChI is InChI=1S/C26H44.C25H42/c1-8-22-19-20(2)23(13-9-11-15-25(4,5)6)24(21(22)3)14-10-12-16-26(7)17-18-26;1-19-18-20(2)22(12-9-11-15-25(7)16-17-25)23(21(19)3)13-8-10-14-24(4,5)6/h19H,8-18H2,1-7H3;18H,8-17H2,1-7H3. The van der Waals surface area contributed by atoms with Crippen molar-refractivity contribution in [3.05, 3.63) is 67.8 Å². The highest BCUT2D eigenvalue weighted by Gasteiger charge is 2.36. The third-order valence-electron chi connectivity index (χ3n) is 13.2. The molecule has 0 N–H and O–H groups in total. The fraction of sp³-hybridized carbons (Fsp3) is 0.765. The Labute approximate surface area is 320 Å². The van der Waals surface area contributed by atoms with E-state index in [1.807, 2.05) is 0 Å². The molecule has 2 saturated carbocycles. The van der Waals surface area contributed by atoms with Crippen molar-refractivity contribution in [3.8, 4) is 0 Å². The Morgan fingerprint density at radius 3 is 1.24 bits per heavy atom. The average molecular weight is 699 g/mol. The molecule has 4 rings (SSSR count). The topological polar surface area (TPSA) is 0 Å². The van der Waals surface area contributed by atoms with E-state index in [1.165, 1.54) is 146 Å². The summed E-state index contributed by atoms with van der Waals surface area (Å²) in [4.78, 5) is 0. The minimum atomic E-state index is 0.471. The minimum absolute atomic E-state index is 0.471. The van der Waals surface area contributed by atoms with Gasteiger partial charge in [0.2, 0.25) is 0 Å². The van der Waals surface area contributed by atoms with Gasteiger partial charge >= 0.3 is 0 Å². The molecule has 0 amide bonds. The summed E-state index contributed by atoms with van der Waals surface area (Å²) in [5.74, 6) is 0. The Kier molecular flexibility index (Phi) is 16.5. The van der Waals surface area contributed by atoms with Crippen molar-refractivity contribution in [3.63, 3.8) is 0 Å². The van der Waals surface area contributed by atoms with E-state index in [1.54, 1.807) is 44.5 Å². The normalized spacial score (nSPS) is 16.2. The summed E-state index contributed by atoms with van der Waals surface area (Å²) in [7, 11) is 0. The van der Waals surface area contributed by atoms with Crippen LogP contribution in [0, 0.1) is 56.3 Å². The lowest BCUT2D eigenvalue weighted by Gasteiger charge is -2.21. The van der Waals surface area contributed by atoms with Gasteiger partial charge in [-0.05, 0) is 221 Å². The second-order valence-corrected chi connectivity index (χ2v) is 21.0. The third kappa shape index (κ3) is 15.4. The average Bonchev–Trinajstić information content (AvgIpc) is 3.96. The van der Waals surface area contributed by atoms with Crippen LogP contribution in [0.1, 0.15) is 221 Å². The van der Waals surface area contributed by atoms with E-state index in [0.29, 0.717) is 21.7 Å². The van der Waals surface area contributed by atoms with Crippen molar-refractivity contribution in [2.24, 2.45) is 21.7 Å². The predicted octanol–water partition coefficient (Wildman–Crippen LogP) is 16.0. The number of hydrogen-bond donors (Lipinski definition) is 0. The molecule has 0 heteroatoms. The molecule has 0 unspecified atom stereocenters. The minimum Gasteiger partial charge on any atom is -0.0613 e. The maximum absolute atomic E-state index is 2.48. The number of unbranched alkanes of at least 4 members (excludes halogenated alkanes) is 4. The van der Waals surface area contributed by atoms with Gasteiger partial charge in [0.1, 0.15) is 0 Å². The highest BCUT2D eigenvalue weighted by molar-refractivity contribution is 5.46. The Balaban J connectivity index is 0.000000276. The predicted molar refractivity (Wildman–Crippen MR) is 230 cm³/mol. The molecule has 0 nitrogen and oxygen atoms in total. The van der Waals surface area contributed by atoms with E-state index < -0.39 is 0 Å². The molecule has 0 aromatic heterocycles. The molecular formula is C51H86. The van der Waals surface area contributed by atoms with Crippen LogP contribution in [0.25, 0.3) is 0 Å². The highest BCUT2D eigenvalue weighted by Crippen LogP contribution is 2.50. The van der Waals surface area contributed by atoms with Gasteiger partial charge in [-0.2, -0.15) is 0 Å². The monoisotopic (exact) mass is 699 g/mol. The van der Waals surface area contributed by atoms with Crippen LogP contribution in [0.4, 0.5) is 0 Å². The van der Waals surface area contributed by atoms with Crippen LogP contribution in [0.2, 0.25) is 0 Å². The van der Waals surface area contributed by atoms with Crippen LogP contribution < -0.4 is 0 Å². The van der Waals surface area contributed by atoms with Gasteiger partial charge in [-0.25, -0.2) is 0 Å². The lowest BCUT2D eigenvalue weighted by molar-refractivity contribution is 0.360. The number of hydrogen-bond acceptors (Lipinski definition) is 0. The fourth-order valence-electron chi connectivity index (χ4n) is 8.63. The van der Waals surface area contributed by atoms with E-state index in [0.717, 1.165) is 0 Å². The summed E-state index contributed by atoms with van der Waals surface area (Å²) >= 11 is 0. The second-order valence-electron chi connectivity index (χ2n) is 21.0. The summed E-state index contributed by atoms with van der Waals surface area (Å²) in [6.07, 6.45) is 28.7. The van der Waals surface area contributed by atoms with Gasteiger partial charge in [0.15, 0.2) is 0 Å². The first kappa shape index (κ1) is 43.8. The van der Waals surface area contributed by atoms with E-state index >= 15 is 0 Å². The van der Waals surface area contributed by atoms with E-state index in [9.17, 15) is 0 Å². The van der Waals surface area contributed by atoms with E-state index in [4.69, 9.17) is 0 Å². The van der Waals surface area contributed by atoms with Gasteiger partial charge in [-0.1, -0.05) is 100 Å². The Hall–Kier alpha value is -1.56. The van der Waals surface area contributed by atoms with Crippen LogP contribution in [-0.4, -0.2) is 0 Å². The van der Waals surface area contributed by atoms with E-state index in [2.05, 4.69) is 109 Å². The molecule has 0 atom stereocenters. The maximum Gasteiger partial charge on any atom is -0.0273 e. The molecule has 0 saturated heterocycles. The highest BCUT2D eigenvalue weighted by atomic mass is 14.4. The third-order valence-corrected chi connectivity index (χ3v) is 13.2. The first-order valence-corrected chi connectivity index (χ1v) is 22.0. The summed E-state index contributed by atoms with van der Waals surface area (Å²) < 4.78 is 0. The zero-order valence-electron chi connectivity index (χ0n) is 37.0. The Morgan fingerprint density at radius 2 is 0.843 bits per heavy atom. The molecule has 2 fully saturated rings. The Morgan fingerprint density at radius 1 is 0.471 bits per heavy atom. The van der Waals surface area contributed by atoms with Crippen LogP contribution in [-0.2, 0) is 32.1 Å². The van der Waals surface area contributed by atoms with Crippen molar-refractivity contribution < 1.29 is 0 Å². The van der Waals surface area contributed by atoms with Gasteiger partial charge in [0.05, 0.1) is 0 Å². The fourth-order valence-corrected chi connectivity index (χ4v) is 8.63. The number of rotatable bonds is 19. The van der Waals surface area contributed by atoms with Gasteiger partial charge in [0.25, 0.3) is 0 Å². The molecule has 0 bridgehead atoms. The van der Waals surface area contributed by atoms with Gasteiger partial charge in [0, 0.05) is 0 Å². The van der Waals surface area contributed by atoms with Crippen molar-refractivity contribution in [2.75, 3.05) is 0 Å². The van der Waals surface area contributed by atoms with Crippen LogP contribution in [0.3, 0.4) is 0 Å². The largest absolute Gasteiger partial charge is 0.0613 e. The van der Waals surface area contributed by atoms with Crippen LogP contribution >= 0.6 is 0 Å². The molecule has 2 aromatic carbocycles. The SMILES string of the molecule is CCc1cc(C)c(CCCCC(C)(C)C)c(CCCCC2(C)CC2)c1C.Cc1cc(C)c(CCCCC2(C)CC2)c(CCCCC(C)(C)C)c1C. The summed E-state index contributed by atoms with van der Waals surface area (Å²) in [5.41, 5.74) is 18.4. The lowest BCUT2D eigenvalue weighted by Crippen LogP contribution is -2.07.